The van der Waals surface area contributed by atoms with E-state index in [0.717, 1.165) is 26.3 Å². The smallest absolute Gasteiger partial charge is 0.0637 e. The van der Waals surface area contributed by atoms with E-state index in [9.17, 15) is 0 Å². The summed E-state index contributed by atoms with van der Waals surface area (Å²) in [6.45, 7) is 5.76. The lowest BCUT2D eigenvalue weighted by Gasteiger charge is -2.30. The van der Waals surface area contributed by atoms with Gasteiger partial charge in [0.2, 0.25) is 0 Å². The summed E-state index contributed by atoms with van der Waals surface area (Å²) >= 11 is 0. The zero-order chi connectivity index (χ0) is 11.4. The van der Waals surface area contributed by atoms with Gasteiger partial charge in [0.05, 0.1) is 13.2 Å². The molecule has 3 nitrogen and oxygen atoms in total. The lowest BCUT2D eigenvalue weighted by molar-refractivity contribution is 0.0791. The molecule has 0 spiro atoms. The van der Waals surface area contributed by atoms with Gasteiger partial charge in [0, 0.05) is 31.9 Å². The van der Waals surface area contributed by atoms with Gasteiger partial charge in [-0.2, -0.15) is 0 Å². The highest BCUT2D eigenvalue weighted by Crippen LogP contribution is 2.17. The number of rotatable bonds is 3. The summed E-state index contributed by atoms with van der Waals surface area (Å²) in [5.74, 6) is 0. The average molecular weight is 220 g/mol. The van der Waals surface area contributed by atoms with E-state index in [4.69, 9.17) is 4.74 Å². The van der Waals surface area contributed by atoms with Crippen LogP contribution in [0.15, 0.2) is 24.3 Å². The Labute approximate surface area is 97.4 Å². The largest absolute Gasteiger partial charge is 0.378 e. The maximum Gasteiger partial charge on any atom is 0.0637 e. The van der Waals surface area contributed by atoms with Crippen molar-refractivity contribution in [3.63, 3.8) is 0 Å². The van der Waals surface area contributed by atoms with E-state index < -0.39 is 0 Å². The van der Waals surface area contributed by atoms with Crippen LogP contribution in [0.25, 0.3) is 0 Å². The van der Waals surface area contributed by atoms with Gasteiger partial charge in [-0.3, -0.25) is 0 Å². The minimum absolute atomic E-state index is 0.443. The van der Waals surface area contributed by atoms with Crippen LogP contribution in [0.2, 0.25) is 0 Å². The molecule has 2 rings (SSSR count). The molecule has 1 fully saturated rings. The van der Waals surface area contributed by atoms with Gasteiger partial charge in [0.15, 0.2) is 0 Å². The Morgan fingerprint density at radius 3 is 2.94 bits per heavy atom. The number of ether oxygens (including phenoxy) is 1. The van der Waals surface area contributed by atoms with Gasteiger partial charge in [-0.05, 0) is 18.6 Å². The van der Waals surface area contributed by atoms with Crippen molar-refractivity contribution in [2.24, 2.45) is 0 Å². The van der Waals surface area contributed by atoms with E-state index in [-0.39, 0.29) is 0 Å². The first-order chi connectivity index (χ1) is 7.77. The lowest BCUT2D eigenvalue weighted by atomic mass is 10.1. The van der Waals surface area contributed by atoms with Gasteiger partial charge in [-0.25, -0.2) is 0 Å². The zero-order valence-corrected chi connectivity index (χ0v) is 10.1. The molecule has 0 amide bonds. The van der Waals surface area contributed by atoms with E-state index >= 15 is 0 Å². The van der Waals surface area contributed by atoms with Gasteiger partial charge in [-0.15, -0.1) is 0 Å². The van der Waals surface area contributed by atoms with Crippen LogP contribution in [0.4, 0.5) is 5.69 Å². The van der Waals surface area contributed by atoms with E-state index in [0.29, 0.717) is 6.04 Å². The highest BCUT2D eigenvalue weighted by Gasteiger charge is 2.15. The summed E-state index contributed by atoms with van der Waals surface area (Å²) < 4.78 is 5.46. The summed E-state index contributed by atoms with van der Waals surface area (Å²) in [5, 5.41) is 3.47. The Hall–Kier alpha value is -1.06. The fourth-order valence-corrected chi connectivity index (χ4v) is 2.16. The van der Waals surface area contributed by atoms with Gasteiger partial charge >= 0.3 is 0 Å². The van der Waals surface area contributed by atoms with Crippen molar-refractivity contribution in [2.45, 2.75) is 13.0 Å². The standard InChI is InChI=1S/C13H20N2O/c1-11-5-3-4-6-13(11)15(2)9-12-10-16-8-7-14-12/h3-6,12,14H,7-10H2,1-2H3. The Morgan fingerprint density at radius 1 is 1.44 bits per heavy atom. The quantitative estimate of drug-likeness (QED) is 0.834. The van der Waals surface area contributed by atoms with Crippen LogP contribution in [-0.2, 0) is 4.74 Å². The maximum atomic E-state index is 5.46. The molecule has 1 saturated heterocycles. The zero-order valence-electron chi connectivity index (χ0n) is 10.1. The molecule has 0 saturated carbocycles. The SMILES string of the molecule is Cc1ccccc1N(C)CC1COCCN1. The molecule has 1 aliphatic rings. The third-order valence-electron chi connectivity index (χ3n) is 3.02. The Kier molecular flexibility index (Phi) is 3.80. The van der Waals surface area contributed by atoms with Crippen LogP contribution in [-0.4, -0.2) is 39.4 Å². The van der Waals surface area contributed by atoms with Crippen LogP contribution in [0.5, 0.6) is 0 Å². The molecule has 3 heteroatoms. The predicted molar refractivity (Wildman–Crippen MR) is 67.1 cm³/mol. The predicted octanol–water partition coefficient (Wildman–Crippen LogP) is 1.42. The third-order valence-corrected chi connectivity index (χ3v) is 3.02. The number of hydrogen-bond donors (Lipinski definition) is 1. The lowest BCUT2D eigenvalue weighted by Crippen LogP contribution is -2.47. The van der Waals surface area contributed by atoms with E-state index in [1.54, 1.807) is 0 Å². The molecule has 0 aromatic heterocycles. The summed E-state index contributed by atoms with van der Waals surface area (Å²) in [4.78, 5) is 2.29. The van der Waals surface area contributed by atoms with Crippen LogP contribution in [0.1, 0.15) is 5.56 Å². The Balaban J connectivity index is 1.96. The van der Waals surface area contributed by atoms with E-state index in [1.807, 2.05) is 0 Å². The molecule has 1 aromatic rings. The third kappa shape index (κ3) is 2.74. The number of benzene rings is 1. The molecule has 1 aliphatic heterocycles. The molecular formula is C13H20N2O. The molecule has 1 atom stereocenters. The molecular weight excluding hydrogens is 200 g/mol. The Bertz CT molecular complexity index is 334. The van der Waals surface area contributed by atoms with Gasteiger partial charge in [0.1, 0.15) is 0 Å². The molecule has 1 N–H and O–H groups in total. The number of hydrogen-bond acceptors (Lipinski definition) is 3. The molecule has 0 radical (unpaired) electrons. The van der Waals surface area contributed by atoms with Crippen LogP contribution in [0, 0.1) is 6.92 Å². The van der Waals surface area contributed by atoms with Crippen molar-refractivity contribution in [3.05, 3.63) is 29.8 Å². The van der Waals surface area contributed by atoms with E-state index in [2.05, 4.69) is 48.5 Å². The number of aryl methyl sites for hydroxylation is 1. The first kappa shape index (κ1) is 11.4. The topological polar surface area (TPSA) is 24.5 Å². The van der Waals surface area contributed by atoms with Crippen molar-refractivity contribution in [2.75, 3.05) is 38.3 Å². The molecule has 0 bridgehead atoms. The average Bonchev–Trinajstić information content (AvgIpc) is 2.31. The maximum absolute atomic E-state index is 5.46. The molecule has 16 heavy (non-hydrogen) atoms. The second kappa shape index (κ2) is 5.32. The molecule has 1 aromatic carbocycles. The van der Waals surface area contributed by atoms with Crippen LogP contribution >= 0.6 is 0 Å². The fraction of sp³-hybridized carbons (Fsp3) is 0.538. The molecule has 88 valence electrons. The van der Waals surface area contributed by atoms with E-state index in [1.165, 1.54) is 11.3 Å². The summed E-state index contributed by atoms with van der Waals surface area (Å²) in [6, 6.07) is 8.92. The monoisotopic (exact) mass is 220 g/mol. The van der Waals surface area contributed by atoms with Crippen molar-refractivity contribution in [1.29, 1.82) is 0 Å². The van der Waals surface area contributed by atoms with Crippen molar-refractivity contribution >= 4 is 5.69 Å². The summed E-state index contributed by atoms with van der Waals surface area (Å²) in [5.41, 5.74) is 2.62. The Morgan fingerprint density at radius 2 is 2.25 bits per heavy atom. The highest BCUT2D eigenvalue weighted by atomic mass is 16.5. The second-order valence-corrected chi connectivity index (χ2v) is 4.39. The normalized spacial score (nSPS) is 20.8. The minimum atomic E-state index is 0.443. The molecule has 0 aliphatic carbocycles. The first-order valence-corrected chi connectivity index (χ1v) is 5.85. The highest BCUT2D eigenvalue weighted by molar-refractivity contribution is 5.52. The van der Waals surface area contributed by atoms with Gasteiger partial charge in [0.25, 0.3) is 0 Å². The number of nitrogens with zero attached hydrogens (tertiary/aromatic N) is 1. The van der Waals surface area contributed by atoms with Crippen LogP contribution < -0.4 is 10.2 Å². The number of para-hydroxylation sites is 1. The summed E-state index contributed by atoms with van der Waals surface area (Å²) in [6.07, 6.45) is 0. The second-order valence-electron chi connectivity index (χ2n) is 4.39. The number of nitrogens with one attached hydrogen (secondary N) is 1. The number of likely N-dealkylation sites (N-methyl/N-ethyl adjacent to an activating group) is 1. The van der Waals surface area contributed by atoms with Crippen molar-refractivity contribution < 1.29 is 4.74 Å². The fourth-order valence-electron chi connectivity index (χ4n) is 2.16. The number of anilines is 1. The minimum Gasteiger partial charge on any atom is -0.378 e. The molecule has 1 unspecified atom stereocenters. The van der Waals surface area contributed by atoms with Crippen molar-refractivity contribution in [3.8, 4) is 0 Å². The number of morpholine rings is 1. The first-order valence-electron chi connectivity index (χ1n) is 5.85. The molecule has 1 heterocycles. The van der Waals surface area contributed by atoms with Gasteiger partial charge in [-0.1, -0.05) is 18.2 Å². The van der Waals surface area contributed by atoms with Crippen LogP contribution in [0.3, 0.4) is 0 Å². The van der Waals surface area contributed by atoms with Gasteiger partial charge < -0.3 is 15.0 Å². The van der Waals surface area contributed by atoms with Crippen molar-refractivity contribution in [1.82, 2.24) is 5.32 Å². The summed E-state index contributed by atoms with van der Waals surface area (Å²) in [7, 11) is 2.14.